The van der Waals surface area contributed by atoms with E-state index in [0.29, 0.717) is 12.2 Å². The zero-order valence-corrected chi connectivity index (χ0v) is 18.2. The van der Waals surface area contributed by atoms with Gasteiger partial charge in [-0.3, -0.25) is 0 Å². The molecule has 0 radical (unpaired) electrons. The zero-order valence-electron chi connectivity index (χ0n) is 18.0. The minimum Gasteiger partial charge on any atom is -1.00 e. The molecule has 26 heavy (non-hydrogen) atoms. The Morgan fingerprint density at radius 2 is 1.38 bits per heavy atom. The van der Waals surface area contributed by atoms with Gasteiger partial charge in [0.15, 0.2) is 0 Å². The van der Waals surface area contributed by atoms with E-state index in [-0.39, 0.29) is 31.7 Å². The third-order valence-electron chi connectivity index (χ3n) is 4.46. The summed E-state index contributed by atoms with van der Waals surface area (Å²) < 4.78 is 29.8. The van der Waals surface area contributed by atoms with Crippen molar-refractivity contribution < 1.29 is 15.5 Å². The largest absolute Gasteiger partial charge is 2.00 e. The molecule has 0 N–H and O–H groups in total. The van der Waals surface area contributed by atoms with E-state index in [1.807, 2.05) is 36.4 Å². The van der Waals surface area contributed by atoms with Crippen molar-refractivity contribution in [3.05, 3.63) is 42.5 Å². The Morgan fingerprint density at radius 1 is 0.808 bits per heavy atom. The summed E-state index contributed by atoms with van der Waals surface area (Å²) in [5, 5.41) is 1.82. The molecule has 142 valence electrons. The van der Waals surface area contributed by atoms with Crippen LogP contribution in [0.15, 0.2) is 42.5 Å². The number of benzene rings is 2. The molecule has 2 aromatic rings. The summed E-state index contributed by atoms with van der Waals surface area (Å²) in [6.45, 7) is 2.22. The van der Waals surface area contributed by atoms with Gasteiger partial charge in [0.05, 0.1) is 5.75 Å². The molecule has 2 rings (SSSR count). The maximum absolute atomic E-state index is 12.2. The van der Waals surface area contributed by atoms with Crippen molar-refractivity contribution in [3.63, 3.8) is 0 Å². The van der Waals surface area contributed by atoms with E-state index in [0.717, 1.165) is 23.6 Å². The zero-order chi connectivity index (χ0) is 18.0. The Morgan fingerprint density at radius 3 is 2.08 bits per heavy atom. The van der Waals surface area contributed by atoms with E-state index >= 15 is 0 Å². The molecule has 0 aliphatic rings. The first kappa shape index (κ1) is 23.3. The standard InChI is InChI=1S/C21H30O3S.Mg.2H/c1-2-3-4-5-6-7-8-9-12-18-25(22,23)24-21-17-13-15-19-14-10-11-16-20(19)21;;;/h10-11,13-17H,2-9,12,18H2,1H3;;;/q;+2;2*-1. The Hall–Kier alpha value is -0.784. The van der Waals surface area contributed by atoms with E-state index in [9.17, 15) is 8.42 Å². The Kier molecular flexibility index (Phi) is 11.2. The molecule has 0 heterocycles. The van der Waals surface area contributed by atoms with Crippen molar-refractivity contribution in [2.45, 2.75) is 64.7 Å². The molecule has 0 aromatic heterocycles. The summed E-state index contributed by atoms with van der Waals surface area (Å²) in [6, 6.07) is 13.2. The first-order valence-electron chi connectivity index (χ1n) is 9.52. The summed E-state index contributed by atoms with van der Waals surface area (Å²) in [6.07, 6.45) is 10.4. The monoisotopic (exact) mass is 388 g/mol. The molecule has 0 fully saturated rings. The van der Waals surface area contributed by atoms with Crippen molar-refractivity contribution in [1.29, 1.82) is 0 Å². The van der Waals surface area contributed by atoms with E-state index < -0.39 is 10.1 Å². The second-order valence-electron chi connectivity index (χ2n) is 6.65. The molecule has 2 aromatic carbocycles. The molecule has 0 aliphatic heterocycles. The fourth-order valence-corrected chi connectivity index (χ4v) is 4.10. The minimum absolute atomic E-state index is 0. The van der Waals surface area contributed by atoms with Crippen LogP contribution in [0, 0.1) is 0 Å². The third kappa shape index (κ3) is 8.27. The number of fused-ring (bicyclic) bond motifs is 1. The molecule has 0 aliphatic carbocycles. The molecule has 0 atom stereocenters. The van der Waals surface area contributed by atoms with Crippen LogP contribution in [-0.4, -0.2) is 37.2 Å². The predicted octanol–water partition coefficient (Wildman–Crippen LogP) is 5.92. The maximum Gasteiger partial charge on any atom is 2.00 e. The fourth-order valence-electron chi connectivity index (χ4n) is 3.04. The van der Waals surface area contributed by atoms with Crippen molar-refractivity contribution in [3.8, 4) is 5.75 Å². The van der Waals surface area contributed by atoms with Crippen LogP contribution in [0.5, 0.6) is 5.75 Å². The second kappa shape index (κ2) is 12.6. The summed E-state index contributed by atoms with van der Waals surface area (Å²) in [5.41, 5.74) is 0. The molecule has 0 amide bonds. The molecular formula is C21H32MgO3S. The van der Waals surface area contributed by atoms with Crippen molar-refractivity contribution >= 4 is 43.9 Å². The number of rotatable bonds is 12. The first-order chi connectivity index (χ1) is 12.1. The van der Waals surface area contributed by atoms with Gasteiger partial charge < -0.3 is 7.04 Å². The van der Waals surface area contributed by atoms with E-state index in [1.54, 1.807) is 6.07 Å². The predicted molar refractivity (Wildman–Crippen MR) is 114 cm³/mol. The summed E-state index contributed by atoms with van der Waals surface area (Å²) in [7, 11) is -3.53. The fraction of sp³-hybridized carbons (Fsp3) is 0.524. The quantitative estimate of drug-likeness (QED) is 0.257. The normalized spacial score (nSPS) is 11.3. The van der Waals surface area contributed by atoms with E-state index in [1.165, 1.54) is 38.5 Å². The average molecular weight is 389 g/mol. The van der Waals surface area contributed by atoms with Crippen LogP contribution in [0.1, 0.15) is 67.6 Å². The average Bonchev–Trinajstić information content (AvgIpc) is 2.60. The van der Waals surface area contributed by atoms with Crippen LogP contribution in [-0.2, 0) is 10.1 Å². The van der Waals surface area contributed by atoms with Gasteiger partial charge >= 0.3 is 33.2 Å². The SMILES string of the molecule is CCCCCCCCCCCS(=O)(=O)Oc1cccc2ccccc12.[H-].[H-].[Mg+2]. The molecule has 0 spiro atoms. The van der Waals surface area contributed by atoms with E-state index in [2.05, 4.69) is 6.92 Å². The summed E-state index contributed by atoms with van der Waals surface area (Å²) in [4.78, 5) is 0. The van der Waals surface area contributed by atoms with Crippen LogP contribution >= 0.6 is 0 Å². The van der Waals surface area contributed by atoms with Gasteiger partial charge in [0.25, 0.3) is 0 Å². The van der Waals surface area contributed by atoms with Gasteiger partial charge in [0.1, 0.15) is 5.75 Å². The van der Waals surface area contributed by atoms with Gasteiger partial charge in [-0.05, 0) is 17.9 Å². The second-order valence-corrected chi connectivity index (χ2v) is 8.34. The van der Waals surface area contributed by atoms with Crippen molar-refractivity contribution in [2.24, 2.45) is 0 Å². The molecular weight excluding hydrogens is 357 g/mol. The van der Waals surface area contributed by atoms with Gasteiger partial charge in [-0.15, -0.1) is 0 Å². The molecule has 0 bridgehead atoms. The van der Waals surface area contributed by atoms with Crippen LogP contribution in [0.2, 0.25) is 0 Å². The Labute approximate surface area is 177 Å². The molecule has 3 nitrogen and oxygen atoms in total. The minimum atomic E-state index is -3.53. The molecule has 0 saturated heterocycles. The van der Waals surface area contributed by atoms with Crippen LogP contribution < -0.4 is 4.18 Å². The van der Waals surface area contributed by atoms with Crippen LogP contribution in [0.4, 0.5) is 0 Å². The first-order valence-corrected chi connectivity index (χ1v) is 11.1. The Bertz CT molecular complexity index is 749. The number of hydrogen-bond donors (Lipinski definition) is 0. The van der Waals surface area contributed by atoms with Gasteiger partial charge in [0, 0.05) is 5.39 Å². The van der Waals surface area contributed by atoms with Crippen LogP contribution in [0.25, 0.3) is 10.8 Å². The topological polar surface area (TPSA) is 43.4 Å². The van der Waals surface area contributed by atoms with Gasteiger partial charge in [-0.2, -0.15) is 8.42 Å². The maximum atomic E-state index is 12.2. The Balaban J connectivity index is 0. The molecule has 5 heteroatoms. The van der Waals surface area contributed by atoms with Crippen LogP contribution in [0.3, 0.4) is 0 Å². The smallest absolute Gasteiger partial charge is 1.00 e. The van der Waals surface area contributed by atoms with Crippen molar-refractivity contribution in [2.75, 3.05) is 5.75 Å². The number of hydrogen-bond acceptors (Lipinski definition) is 3. The molecule has 0 saturated carbocycles. The number of unbranched alkanes of at least 4 members (excludes halogenated alkanes) is 8. The third-order valence-corrected chi connectivity index (χ3v) is 5.69. The van der Waals surface area contributed by atoms with Gasteiger partial charge in [-0.25, -0.2) is 0 Å². The van der Waals surface area contributed by atoms with E-state index in [4.69, 9.17) is 4.18 Å². The van der Waals surface area contributed by atoms with Gasteiger partial charge in [0.2, 0.25) is 0 Å². The summed E-state index contributed by atoms with van der Waals surface area (Å²) in [5.74, 6) is 0.514. The molecule has 0 unspecified atom stereocenters. The summed E-state index contributed by atoms with van der Waals surface area (Å²) >= 11 is 0. The van der Waals surface area contributed by atoms with Gasteiger partial charge in [-0.1, -0.05) is 94.7 Å². The van der Waals surface area contributed by atoms with Crippen molar-refractivity contribution in [1.82, 2.24) is 0 Å².